The van der Waals surface area contributed by atoms with Gasteiger partial charge in [-0.2, -0.15) is 0 Å². The van der Waals surface area contributed by atoms with Gasteiger partial charge in [0, 0.05) is 27.2 Å². The summed E-state index contributed by atoms with van der Waals surface area (Å²) in [5, 5.41) is 3.46. The van der Waals surface area contributed by atoms with Crippen molar-refractivity contribution in [3.63, 3.8) is 0 Å². The van der Waals surface area contributed by atoms with Gasteiger partial charge >= 0.3 is 0 Å². The van der Waals surface area contributed by atoms with Crippen LogP contribution in [0, 0.1) is 6.92 Å². The molecule has 2 aromatic carbocycles. The van der Waals surface area contributed by atoms with Crippen LogP contribution in [0.15, 0.2) is 65.8 Å². The number of guanidine groups is 1. The van der Waals surface area contributed by atoms with Gasteiger partial charge < -0.3 is 19.8 Å². The summed E-state index contributed by atoms with van der Waals surface area (Å²) in [5.41, 5.74) is 4.40. The molecule has 0 bridgehead atoms. The van der Waals surface area contributed by atoms with E-state index in [-0.39, 0.29) is 24.0 Å². The molecule has 0 aliphatic carbocycles. The van der Waals surface area contributed by atoms with E-state index in [9.17, 15) is 0 Å². The Morgan fingerprint density at radius 1 is 1.12 bits per heavy atom. The summed E-state index contributed by atoms with van der Waals surface area (Å²) in [5.74, 6) is 2.81. The Balaban J connectivity index is 0.00000289. The number of nitrogens with one attached hydrogen (secondary N) is 2. The minimum Gasteiger partial charge on any atom is -0.356 e. The van der Waals surface area contributed by atoms with Crippen molar-refractivity contribution in [1.29, 1.82) is 0 Å². The molecular formula is C24H30IN7. The van der Waals surface area contributed by atoms with Gasteiger partial charge in [-0.1, -0.05) is 42.5 Å². The molecule has 0 saturated carbocycles. The molecule has 0 saturated heterocycles. The first kappa shape index (κ1) is 23.8. The van der Waals surface area contributed by atoms with Gasteiger partial charge in [0.25, 0.3) is 0 Å². The summed E-state index contributed by atoms with van der Waals surface area (Å²) in [7, 11) is 3.83. The minimum atomic E-state index is 0. The van der Waals surface area contributed by atoms with Gasteiger partial charge in [0.15, 0.2) is 5.96 Å². The van der Waals surface area contributed by atoms with Crippen LogP contribution in [0.3, 0.4) is 0 Å². The Kier molecular flexibility index (Phi) is 8.26. The lowest BCUT2D eigenvalue weighted by atomic mass is 10.2. The summed E-state index contributed by atoms with van der Waals surface area (Å²) in [6, 6.07) is 18.5. The number of para-hydroxylation sites is 2. The molecule has 0 amide bonds. The number of aryl methyl sites for hydroxylation is 2. The topological polar surface area (TPSA) is 74.1 Å². The van der Waals surface area contributed by atoms with Crippen LogP contribution in [0.25, 0.3) is 22.3 Å². The summed E-state index contributed by atoms with van der Waals surface area (Å²) in [6.07, 6.45) is 2.86. The number of benzene rings is 2. The van der Waals surface area contributed by atoms with Crippen LogP contribution in [0.5, 0.6) is 0 Å². The van der Waals surface area contributed by atoms with E-state index in [1.807, 2.05) is 44.6 Å². The Labute approximate surface area is 206 Å². The normalized spacial score (nSPS) is 11.4. The lowest BCUT2D eigenvalue weighted by molar-refractivity contribution is 0.461. The number of hydrogen-bond donors (Lipinski definition) is 2. The van der Waals surface area contributed by atoms with Crippen LogP contribution in [0.1, 0.15) is 18.1 Å². The van der Waals surface area contributed by atoms with Crippen molar-refractivity contribution in [2.45, 2.75) is 26.4 Å². The molecule has 2 heterocycles. The average Bonchev–Trinajstić information content (AvgIpc) is 3.38. The van der Waals surface area contributed by atoms with E-state index >= 15 is 0 Å². The maximum Gasteiger partial charge on any atom is 0.193 e. The van der Waals surface area contributed by atoms with E-state index in [2.05, 4.69) is 72.0 Å². The molecule has 7 nitrogen and oxygen atoms in total. The Bertz CT molecular complexity index is 1160. The second kappa shape index (κ2) is 11.1. The third kappa shape index (κ3) is 5.48. The van der Waals surface area contributed by atoms with Gasteiger partial charge in [-0.05, 0) is 31.0 Å². The minimum absolute atomic E-state index is 0. The zero-order valence-corrected chi connectivity index (χ0v) is 21.1. The molecule has 0 radical (unpaired) electrons. The summed E-state index contributed by atoms with van der Waals surface area (Å²) < 4.78 is 2.28. The highest BCUT2D eigenvalue weighted by Gasteiger charge is 2.10. The molecule has 168 valence electrons. The highest BCUT2D eigenvalue weighted by atomic mass is 127. The lowest BCUT2D eigenvalue weighted by Crippen LogP contribution is -2.39. The van der Waals surface area contributed by atoms with Gasteiger partial charge in [-0.25, -0.2) is 9.97 Å². The average molecular weight is 543 g/mol. The summed E-state index contributed by atoms with van der Waals surface area (Å²) >= 11 is 0. The van der Waals surface area contributed by atoms with Crippen molar-refractivity contribution in [2.75, 3.05) is 20.6 Å². The molecule has 2 N–H and O–H groups in total. The molecule has 8 heteroatoms. The second-order valence-corrected chi connectivity index (χ2v) is 7.59. The van der Waals surface area contributed by atoms with Gasteiger partial charge in [0.2, 0.25) is 0 Å². The van der Waals surface area contributed by atoms with Gasteiger partial charge in [-0.15, -0.1) is 24.0 Å². The molecule has 4 aromatic rings. The van der Waals surface area contributed by atoms with Crippen molar-refractivity contribution in [2.24, 2.45) is 4.99 Å². The quantitative estimate of drug-likeness (QED) is 0.156. The fraction of sp³-hybridized carbons (Fsp3) is 0.292. The number of aromatic nitrogens is 4. The van der Waals surface area contributed by atoms with Gasteiger partial charge in [-0.3, -0.25) is 4.99 Å². The van der Waals surface area contributed by atoms with Crippen molar-refractivity contribution < 1.29 is 0 Å². The number of fused-ring (bicyclic) bond motifs is 1. The van der Waals surface area contributed by atoms with E-state index < -0.39 is 0 Å². The van der Waals surface area contributed by atoms with Crippen molar-refractivity contribution >= 4 is 41.0 Å². The van der Waals surface area contributed by atoms with E-state index in [1.165, 1.54) is 5.52 Å². The molecule has 0 unspecified atom stereocenters. The number of aromatic amines is 1. The number of halogens is 1. The molecule has 2 aromatic heterocycles. The van der Waals surface area contributed by atoms with Crippen LogP contribution in [-0.2, 0) is 13.1 Å². The number of hydrogen-bond acceptors (Lipinski definition) is 3. The van der Waals surface area contributed by atoms with Gasteiger partial charge in [0.1, 0.15) is 11.6 Å². The highest BCUT2D eigenvalue weighted by Crippen LogP contribution is 2.17. The van der Waals surface area contributed by atoms with Crippen LogP contribution in [-0.4, -0.2) is 51.0 Å². The number of rotatable bonds is 7. The number of H-pyrrole nitrogens is 1. The fourth-order valence-electron chi connectivity index (χ4n) is 3.81. The maximum atomic E-state index is 4.64. The Morgan fingerprint density at radius 2 is 1.88 bits per heavy atom. The fourth-order valence-corrected chi connectivity index (χ4v) is 3.81. The predicted molar refractivity (Wildman–Crippen MR) is 141 cm³/mol. The SMILES string of the molecule is CN=C(NCCCn1c(C)nc2ccccc21)N(C)Cc1ncc(-c2ccccc2)[nH]1.I. The first-order valence-electron chi connectivity index (χ1n) is 10.6. The van der Waals surface area contributed by atoms with E-state index in [4.69, 9.17) is 0 Å². The zero-order valence-electron chi connectivity index (χ0n) is 18.7. The summed E-state index contributed by atoms with van der Waals surface area (Å²) in [6.45, 7) is 4.46. The van der Waals surface area contributed by atoms with E-state index in [1.54, 1.807) is 0 Å². The third-order valence-electron chi connectivity index (χ3n) is 5.36. The lowest BCUT2D eigenvalue weighted by Gasteiger charge is -2.21. The highest BCUT2D eigenvalue weighted by molar-refractivity contribution is 14.0. The molecule has 0 atom stereocenters. The molecule has 4 rings (SSSR count). The van der Waals surface area contributed by atoms with Crippen molar-refractivity contribution in [1.82, 2.24) is 29.7 Å². The van der Waals surface area contributed by atoms with Gasteiger partial charge in [0.05, 0.1) is 29.5 Å². The first-order valence-corrected chi connectivity index (χ1v) is 10.6. The monoisotopic (exact) mass is 543 g/mol. The maximum absolute atomic E-state index is 4.64. The van der Waals surface area contributed by atoms with Crippen molar-refractivity contribution in [3.05, 3.63) is 72.4 Å². The van der Waals surface area contributed by atoms with Crippen LogP contribution < -0.4 is 5.32 Å². The van der Waals surface area contributed by atoms with Crippen LogP contribution in [0.2, 0.25) is 0 Å². The number of nitrogens with zero attached hydrogens (tertiary/aromatic N) is 5. The number of imidazole rings is 2. The summed E-state index contributed by atoms with van der Waals surface area (Å²) in [4.78, 5) is 19.1. The zero-order chi connectivity index (χ0) is 21.6. The molecule has 0 spiro atoms. The predicted octanol–water partition coefficient (Wildman–Crippen LogP) is 4.45. The standard InChI is InChI=1S/C24H29N7.HI/c1-18-28-20-12-7-8-13-22(20)31(18)15-9-14-26-24(25-2)30(3)17-23-27-16-21(29-23)19-10-5-4-6-11-19;/h4-8,10-13,16H,9,14-15,17H2,1-3H3,(H,25,26)(H,27,29);1H. The first-order chi connectivity index (χ1) is 15.2. The van der Waals surface area contributed by atoms with E-state index in [0.29, 0.717) is 6.54 Å². The largest absolute Gasteiger partial charge is 0.356 e. The molecular weight excluding hydrogens is 513 g/mol. The molecule has 0 fully saturated rings. The second-order valence-electron chi connectivity index (χ2n) is 7.59. The Morgan fingerprint density at radius 3 is 2.66 bits per heavy atom. The van der Waals surface area contributed by atoms with Crippen LogP contribution in [0.4, 0.5) is 0 Å². The molecule has 0 aliphatic rings. The Hall–Kier alpha value is -2.88. The smallest absolute Gasteiger partial charge is 0.193 e. The van der Waals surface area contributed by atoms with Crippen LogP contribution >= 0.6 is 24.0 Å². The number of aliphatic imine (C=N–C) groups is 1. The third-order valence-corrected chi connectivity index (χ3v) is 5.36. The van der Waals surface area contributed by atoms with Crippen molar-refractivity contribution in [3.8, 4) is 11.3 Å². The van der Waals surface area contributed by atoms with E-state index in [0.717, 1.165) is 53.9 Å². The molecule has 32 heavy (non-hydrogen) atoms. The molecule has 0 aliphatic heterocycles.